The van der Waals surface area contributed by atoms with Gasteiger partial charge in [0.25, 0.3) is 5.69 Å². The molecule has 1 aromatic carbocycles. The molecule has 6 heteroatoms. The van der Waals surface area contributed by atoms with Crippen LogP contribution >= 0.6 is 0 Å². The minimum atomic E-state index is -0.494. The van der Waals surface area contributed by atoms with Crippen molar-refractivity contribution in [2.24, 2.45) is 0 Å². The zero-order valence-corrected chi connectivity index (χ0v) is 10.9. The first kappa shape index (κ1) is 14.9. The van der Waals surface area contributed by atoms with Crippen molar-refractivity contribution in [2.45, 2.75) is 19.8 Å². The standard InChI is InChI=1S/C13H17N3O3/c1-2-3-6-15(7-8-17)12-5-4-11(10-14)9-13(12)16(18)19/h4-5,9,17H,2-3,6-8H2,1H3. The fourth-order valence-corrected chi connectivity index (χ4v) is 1.83. The Morgan fingerprint density at radius 2 is 2.21 bits per heavy atom. The van der Waals surface area contributed by atoms with Gasteiger partial charge in [-0.05, 0) is 18.6 Å². The van der Waals surface area contributed by atoms with Crippen molar-refractivity contribution in [3.05, 3.63) is 33.9 Å². The maximum absolute atomic E-state index is 11.1. The Hall–Kier alpha value is -2.13. The lowest BCUT2D eigenvalue weighted by atomic mass is 10.1. The van der Waals surface area contributed by atoms with Gasteiger partial charge in [-0.2, -0.15) is 5.26 Å². The molecule has 0 saturated carbocycles. The average molecular weight is 263 g/mol. The normalized spacial score (nSPS) is 9.95. The van der Waals surface area contributed by atoms with Gasteiger partial charge in [-0.25, -0.2) is 0 Å². The molecule has 102 valence electrons. The van der Waals surface area contributed by atoms with Crippen LogP contribution in [0, 0.1) is 21.4 Å². The topological polar surface area (TPSA) is 90.4 Å². The van der Waals surface area contributed by atoms with Crippen LogP contribution in [0.1, 0.15) is 25.3 Å². The summed E-state index contributed by atoms with van der Waals surface area (Å²) in [7, 11) is 0. The lowest BCUT2D eigenvalue weighted by molar-refractivity contribution is -0.384. The molecular weight excluding hydrogens is 246 g/mol. The molecule has 0 heterocycles. The number of hydrogen-bond acceptors (Lipinski definition) is 5. The largest absolute Gasteiger partial charge is 0.395 e. The fraction of sp³-hybridized carbons (Fsp3) is 0.462. The highest BCUT2D eigenvalue weighted by atomic mass is 16.6. The highest BCUT2D eigenvalue weighted by Gasteiger charge is 2.19. The first-order valence-corrected chi connectivity index (χ1v) is 6.18. The minimum Gasteiger partial charge on any atom is -0.395 e. The molecule has 0 atom stereocenters. The number of nitro groups is 1. The number of hydrogen-bond donors (Lipinski definition) is 1. The van der Waals surface area contributed by atoms with Crippen LogP contribution in [-0.4, -0.2) is 29.7 Å². The number of aliphatic hydroxyl groups is 1. The monoisotopic (exact) mass is 263 g/mol. The lowest BCUT2D eigenvalue weighted by Crippen LogP contribution is -2.28. The predicted octanol–water partition coefficient (Wildman–Crippen LogP) is 2.07. The van der Waals surface area contributed by atoms with Crippen LogP contribution in [0.5, 0.6) is 0 Å². The number of nitro benzene ring substituents is 1. The molecule has 0 radical (unpaired) electrons. The van der Waals surface area contributed by atoms with Crippen molar-refractivity contribution in [3.8, 4) is 6.07 Å². The van der Waals surface area contributed by atoms with E-state index in [9.17, 15) is 10.1 Å². The third-order valence-corrected chi connectivity index (χ3v) is 2.79. The van der Waals surface area contributed by atoms with Gasteiger partial charge in [-0.3, -0.25) is 10.1 Å². The summed E-state index contributed by atoms with van der Waals surface area (Å²) in [4.78, 5) is 12.4. The van der Waals surface area contributed by atoms with Crippen LogP contribution in [0.3, 0.4) is 0 Å². The minimum absolute atomic E-state index is 0.0686. The number of unbranched alkanes of at least 4 members (excludes halogenated alkanes) is 1. The van der Waals surface area contributed by atoms with E-state index in [0.717, 1.165) is 12.8 Å². The molecule has 0 fully saturated rings. The molecule has 0 aliphatic carbocycles. The second kappa shape index (κ2) is 7.34. The van der Waals surface area contributed by atoms with Gasteiger partial charge >= 0.3 is 0 Å². The van der Waals surface area contributed by atoms with E-state index in [0.29, 0.717) is 18.8 Å². The van der Waals surface area contributed by atoms with E-state index in [1.807, 2.05) is 13.0 Å². The third kappa shape index (κ3) is 3.93. The van der Waals surface area contributed by atoms with Crippen molar-refractivity contribution >= 4 is 11.4 Å². The fourth-order valence-electron chi connectivity index (χ4n) is 1.83. The van der Waals surface area contributed by atoms with Crippen molar-refractivity contribution in [1.29, 1.82) is 5.26 Å². The number of anilines is 1. The van der Waals surface area contributed by atoms with E-state index >= 15 is 0 Å². The number of nitriles is 1. The summed E-state index contributed by atoms with van der Waals surface area (Å²) >= 11 is 0. The summed E-state index contributed by atoms with van der Waals surface area (Å²) in [5.41, 5.74) is 0.616. The van der Waals surface area contributed by atoms with Gasteiger partial charge in [-0.1, -0.05) is 13.3 Å². The molecule has 0 aromatic heterocycles. The summed E-state index contributed by atoms with van der Waals surface area (Å²) in [5.74, 6) is 0. The SMILES string of the molecule is CCCCN(CCO)c1ccc(C#N)cc1[N+](=O)[O-]. The molecule has 0 aliphatic heterocycles. The Bertz CT molecular complexity index is 483. The van der Waals surface area contributed by atoms with Crippen molar-refractivity contribution in [2.75, 3.05) is 24.6 Å². The summed E-state index contributed by atoms with van der Waals surface area (Å²) < 4.78 is 0. The zero-order chi connectivity index (χ0) is 14.3. The molecule has 0 saturated heterocycles. The van der Waals surface area contributed by atoms with Crippen molar-refractivity contribution in [1.82, 2.24) is 0 Å². The van der Waals surface area contributed by atoms with E-state index in [-0.39, 0.29) is 17.9 Å². The Morgan fingerprint density at radius 3 is 2.74 bits per heavy atom. The summed E-state index contributed by atoms with van der Waals surface area (Å²) in [6, 6.07) is 6.29. The number of aliphatic hydroxyl groups excluding tert-OH is 1. The Kier molecular flexibility index (Phi) is 5.76. The molecule has 1 rings (SSSR count). The van der Waals surface area contributed by atoms with Gasteiger partial charge in [-0.15, -0.1) is 0 Å². The molecule has 0 bridgehead atoms. The van der Waals surface area contributed by atoms with E-state index in [1.54, 1.807) is 17.0 Å². The third-order valence-electron chi connectivity index (χ3n) is 2.79. The van der Waals surface area contributed by atoms with Gasteiger partial charge in [0.05, 0.1) is 23.2 Å². The first-order valence-electron chi connectivity index (χ1n) is 6.18. The van der Waals surface area contributed by atoms with Gasteiger partial charge in [0, 0.05) is 19.2 Å². The molecule has 1 aromatic rings. The molecule has 19 heavy (non-hydrogen) atoms. The van der Waals surface area contributed by atoms with Gasteiger partial charge in [0.15, 0.2) is 0 Å². The number of nitrogens with zero attached hydrogens (tertiary/aromatic N) is 3. The molecule has 0 unspecified atom stereocenters. The Morgan fingerprint density at radius 1 is 1.47 bits per heavy atom. The van der Waals surface area contributed by atoms with E-state index in [2.05, 4.69) is 0 Å². The number of rotatable bonds is 7. The second-order valence-corrected chi connectivity index (χ2v) is 4.14. The highest BCUT2D eigenvalue weighted by molar-refractivity contribution is 5.65. The molecular formula is C13H17N3O3. The molecule has 0 spiro atoms. The lowest BCUT2D eigenvalue weighted by Gasteiger charge is -2.23. The van der Waals surface area contributed by atoms with Crippen LogP contribution in [0.2, 0.25) is 0 Å². The second-order valence-electron chi connectivity index (χ2n) is 4.14. The quantitative estimate of drug-likeness (QED) is 0.600. The van der Waals surface area contributed by atoms with Crippen molar-refractivity contribution < 1.29 is 10.0 Å². The summed E-state index contributed by atoms with van der Waals surface area (Å²) in [6.07, 6.45) is 1.85. The van der Waals surface area contributed by atoms with Gasteiger partial charge in [0.1, 0.15) is 5.69 Å². The maximum atomic E-state index is 11.1. The van der Waals surface area contributed by atoms with Gasteiger partial charge < -0.3 is 10.0 Å². The summed E-state index contributed by atoms with van der Waals surface area (Å²) in [5, 5.41) is 28.9. The summed E-state index contributed by atoms with van der Waals surface area (Å²) in [6.45, 7) is 2.95. The maximum Gasteiger partial charge on any atom is 0.293 e. The zero-order valence-electron chi connectivity index (χ0n) is 10.9. The first-order chi connectivity index (χ1) is 9.13. The Balaban J connectivity index is 3.13. The van der Waals surface area contributed by atoms with Crippen molar-refractivity contribution in [3.63, 3.8) is 0 Å². The van der Waals surface area contributed by atoms with Crippen LogP contribution in [-0.2, 0) is 0 Å². The van der Waals surface area contributed by atoms with E-state index in [4.69, 9.17) is 10.4 Å². The van der Waals surface area contributed by atoms with Gasteiger partial charge in [0.2, 0.25) is 0 Å². The van der Waals surface area contributed by atoms with Crippen LogP contribution < -0.4 is 4.90 Å². The smallest absolute Gasteiger partial charge is 0.293 e. The highest BCUT2D eigenvalue weighted by Crippen LogP contribution is 2.29. The molecule has 1 N–H and O–H groups in total. The number of benzene rings is 1. The predicted molar refractivity (Wildman–Crippen MR) is 72.0 cm³/mol. The van der Waals surface area contributed by atoms with E-state index in [1.165, 1.54) is 6.07 Å². The average Bonchev–Trinajstić information content (AvgIpc) is 2.42. The Labute approximate surface area is 112 Å². The molecule has 0 aliphatic rings. The molecule has 6 nitrogen and oxygen atoms in total. The van der Waals surface area contributed by atoms with E-state index < -0.39 is 4.92 Å². The van der Waals surface area contributed by atoms with Crippen LogP contribution in [0.25, 0.3) is 0 Å². The van der Waals surface area contributed by atoms with Crippen LogP contribution in [0.4, 0.5) is 11.4 Å². The molecule has 0 amide bonds. The van der Waals surface area contributed by atoms with Crippen LogP contribution in [0.15, 0.2) is 18.2 Å².